The van der Waals surface area contributed by atoms with Crippen LogP contribution in [-0.4, -0.2) is 72.7 Å². The van der Waals surface area contributed by atoms with Gasteiger partial charge in [0.1, 0.15) is 18.8 Å². The normalized spacial score (nSPS) is 16.5. The van der Waals surface area contributed by atoms with Crippen molar-refractivity contribution in [3.63, 3.8) is 0 Å². The zero-order valence-corrected chi connectivity index (χ0v) is 24.0. The first-order chi connectivity index (χ1) is 17.1. The fourth-order valence-electron chi connectivity index (χ4n) is 3.44. The summed E-state index contributed by atoms with van der Waals surface area (Å²) in [6.07, 6.45) is 27.4. The van der Waals surface area contributed by atoms with Gasteiger partial charge in [0.05, 0.1) is 34.4 Å². The molecule has 8 heteroatoms. The van der Waals surface area contributed by atoms with Gasteiger partial charge >= 0.3 is 7.82 Å². The van der Waals surface area contributed by atoms with Crippen LogP contribution in [0.15, 0.2) is 48.6 Å². The maximum Gasteiger partial charge on any atom is 0.472 e. The topological polar surface area (TPSA) is 96.2 Å². The summed E-state index contributed by atoms with van der Waals surface area (Å²) in [7, 11) is 1.67. The van der Waals surface area contributed by atoms with Gasteiger partial charge in [0, 0.05) is 0 Å². The molecule has 0 aromatic rings. The number of hydrogen-bond acceptors (Lipinski definition) is 5. The molecule has 0 heterocycles. The number of phosphoric ester groups is 1. The molecule has 0 aliphatic carbocycles. The highest BCUT2D eigenvalue weighted by atomic mass is 31.2. The van der Waals surface area contributed by atoms with Crippen LogP contribution in [0.4, 0.5) is 0 Å². The number of hydrogen-bond donors (Lipinski definition) is 3. The number of aliphatic hydroxyl groups excluding tert-OH is 2. The van der Waals surface area contributed by atoms with E-state index < -0.39 is 33.2 Å². The fraction of sp³-hybridized carbons (Fsp3) is 0.714. The molecule has 0 aliphatic rings. The first kappa shape index (κ1) is 35.0. The molecule has 210 valence electrons. The van der Waals surface area contributed by atoms with E-state index in [4.69, 9.17) is 14.2 Å². The van der Waals surface area contributed by atoms with Gasteiger partial charge in [0.25, 0.3) is 0 Å². The molecule has 0 fully saturated rings. The van der Waals surface area contributed by atoms with Gasteiger partial charge in [-0.25, -0.2) is 4.57 Å². The van der Waals surface area contributed by atoms with Crippen LogP contribution >= 0.6 is 7.82 Å². The molecule has 0 radical (unpaired) electrons. The third-order valence-electron chi connectivity index (χ3n) is 5.28. The SMILES string of the molecule is CCCCC/C=C\C/C=C\C/C=C\C/C=C\CCCCC(C[N+](C)(C)C)OP(=O)(O)OC[C@H](O)CO. The molecule has 0 spiro atoms. The molecule has 0 saturated carbocycles. The molecule has 7 nitrogen and oxygen atoms in total. The molecule has 0 aromatic carbocycles. The number of phosphoric acid groups is 1. The lowest BCUT2D eigenvalue weighted by Gasteiger charge is -2.30. The molecule has 3 atom stereocenters. The second kappa shape index (κ2) is 22.0. The Hall–Kier alpha value is -1.05. The molecule has 0 rings (SSSR count). The zero-order valence-electron chi connectivity index (χ0n) is 23.1. The van der Waals surface area contributed by atoms with E-state index in [1.165, 1.54) is 25.7 Å². The number of allylic oxidation sites excluding steroid dienone is 8. The Bertz CT molecular complexity index is 684. The average Bonchev–Trinajstić information content (AvgIpc) is 2.80. The van der Waals surface area contributed by atoms with E-state index in [1.807, 2.05) is 21.1 Å². The van der Waals surface area contributed by atoms with Crippen molar-refractivity contribution in [3.05, 3.63) is 48.6 Å². The summed E-state index contributed by atoms with van der Waals surface area (Å²) in [5.41, 5.74) is 0. The Morgan fingerprint density at radius 1 is 0.833 bits per heavy atom. The van der Waals surface area contributed by atoms with Crippen LogP contribution in [0.3, 0.4) is 0 Å². The van der Waals surface area contributed by atoms with E-state index in [2.05, 4.69) is 55.5 Å². The smallest absolute Gasteiger partial charge is 0.394 e. The van der Waals surface area contributed by atoms with Gasteiger partial charge in [0.15, 0.2) is 0 Å². The summed E-state index contributed by atoms with van der Waals surface area (Å²) < 4.78 is 23.0. The lowest BCUT2D eigenvalue weighted by atomic mass is 10.1. The first-order valence-corrected chi connectivity index (χ1v) is 14.9. The predicted molar refractivity (Wildman–Crippen MR) is 150 cm³/mol. The van der Waals surface area contributed by atoms with Crippen LogP contribution in [-0.2, 0) is 13.6 Å². The van der Waals surface area contributed by atoms with Gasteiger partial charge in [-0.3, -0.25) is 9.05 Å². The monoisotopic (exact) mass is 530 g/mol. The number of nitrogens with zero attached hydrogens (tertiary/aromatic N) is 1. The minimum Gasteiger partial charge on any atom is -0.394 e. The average molecular weight is 531 g/mol. The summed E-state index contributed by atoms with van der Waals surface area (Å²) in [5.74, 6) is 0. The Balaban J connectivity index is 4.12. The molecule has 3 N–H and O–H groups in total. The third kappa shape index (κ3) is 24.6. The van der Waals surface area contributed by atoms with E-state index in [0.717, 1.165) is 38.5 Å². The Morgan fingerprint density at radius 2 is 1.33 bits per heavy atom. The van der Waals surface area contributed by atoms with Crippen LogP contribution in [0.2, 0.25) is 0 Å². The highest BCUT2D eigenvalue weighted by Crippen LogP contribution is 2.45. The van der Waals surface area contributed by atoms with E-state index in [9.17, 15) is 14.6 Å². The summed E-state index contributed by atoms with van der Waals surface area (Å²) >= 11 is 0. The van der Waals surface area contributed by atoms with Crippen molar-refractivity contribution in [1.29, 1.82) is 0 Å². The lowest BCUT2D eigenvalue weighted by molar-refractivity contribution is -0.873. The van der Waals surface area contributed by atoms with Crippen molar-refractivity contribution in [3.8, 4) is 0 Å². The van der Waals surface area contributed by atoms with Crippen molar-refractivity contribution >= 4 is 7.82 Å². The largest absolute Gasteiger partial charge is 0.472 e. The number of likely N-dealkylation sites (N-methyl/N-ethyl adjacent to an activating group) is 1. The zero-order chi connectivity index (χ0) is 27.1. The summed E-state index contributed by atoms with van der Waals surface area (Å²) in [4.78, 5) is 9.96. The minimum absolute atomic E-state index is 0.441. The van der Waals surface area contributed by atoms with Gasteiger partial charge in [-0.1, -0.05) is 74.8 Å². The van der Waals surface area contributed by atoms with Crippen LogP contribution < -0.4 is 0 Å². The fourth-order valence-corrected chi connectivity index (χ4v) is 4.41. The van der Waals surface area contributed by atoms with E-state index >= 15 is 0 Å². The Morgan fingerprint density at radius 3 is 1.81 bits per heavy atom. The van der Waals surface area contributed by atoms with Crippen LogP contribution in [0, 0.1) is 0 Å². The van der Waals surface area contributed by atoms with E-state index in [1.54, 1.807) is 0 Å². The predicted octanol–water partition coefficient (Wildman–Crippen LogP) is 6.08. The second-order valence-electron chi connectivity index (χ2n) is 10.2. The number of rotatable bonds is 23. The number of unbranched alkanes of at least 4 members (excludes halogenated alkanes) is 5. The van der Waals surface area contributed by atoms with Crippen molar-refractivity contribution in [2.45, 2.75) is 89.8 Å². The molecule has 0 aromatic heterocycles. The molecule has 36 heavy (non-hydrogen) atoms. The molecule has 2 unspecified atom stereocenters. The van der Waals surface area contributed by atoms with Gasteiger partial charge in [-0.05, 0) is 51.4 Å². The quantitative estimate of drug-likeness (QED) is 0.0641. The maximum atomic E-state index is 12.2. The van der Waals surface area contributed by atoms with Crippen molar-refractivity contribution in [2.75, 3.05) is 40.9 Å². The van der Waals surface area contributed by atoms with Crippen molar-refractivity contribution in [2.24, 2.45) is 0 Å². The number of quaternary nitrogens is 1. The second-order valence-corrected chi connectivity index (χ2v) is 11.6. The van der Waals surface area contributed by atoms with Crippen LogP contribution in [0.25, 0.3) is 0 Å². The van der Waals surface area contributed by atoms with Gasteiger partial charge in [-0.2, -0.15) is 0 Å². The molecular formula is C28H53NO6P+. The summed E-state index contributed by atoms with van der Waals surface area (Å²) in [6.45, 7) is 1.79. The minimum atomic E-state index is -4.31. The van der Waals surface area contributed by atoms with Gasteiger partial charge in [0.2, 0.25) is 0 Å². The third-order valence-corrected chi connectivity index (χ3v) is 6.32. The molecule has 0 bridgehead atoms. The van der Waals surface area contributed by atoms with E-state index in [0.29, 0.717) is 17.4 Å². The first-order valence-electron chi connectivity index (χ1n) is 13.4. The molecule has 0 saturated heterocycles. The van der Waals surface area contributed by atoms with Gasteiger partial charge in [-0.15, -0.1) is 0 Å². The van der Waals surface area contributed by atoms with E-state index in [-0.39, 0.29) is 0 Å². The summed E-state index contributed by atoms with van der Waals surface area (Å²) in [6, 6.07) is 0. The van der Waals surface area contributed by atoms with Crippen LogP contribution in [0.5, 0.6) is 0 Å². The van der Waals surface area contributed by atoms with Gasteiger partial charge < -0.3 is 19.6 Å². The molecule has 0 amide bonds. The van der Waals surface area contributed by atoms with Crippen molar-refractivity contribution < 1.29 is 33.2 Å². The number of aliphatic hydroxyl groups is 2. The highest BCUT2D eigenvalue weighted by molar-refractivity contribution is 7.47. The Labute approximate surface area is 220 Å². The van der Waals surface area contributed by atoms with Crippen molar-refractivity contribution in [1.82, 2.24) is 0 Å². The van der Waals surface area contributed by atoms with Crippen LogP contribution in [0.1, 0.15) is 77.6 Å². The highest BCUT2D eigenvalue weighted by Gasteiger charge is 2.30. The molecule has 0 aliphatic heterocycles. The summed E-state index contributed by atoms with van der Waals surface area (Å²) in [5, 5.41) is 18.2. The molecular weight excluding hydrogens is 477 g/mol. The maximum absolute atomic E-state index is 12.2. The standard InChI is InChI=1S/C28H52NO6P/c1-5-6-7-8-9-10-11-12-13-14-15-16-17-18-19-20-21-22-23-28(24-29(2,3)4)35-36(32,33)34-26-27(31)25-30/h9-10,12-13,15-16,18-19,27-28,30-31H,5-8,11,14,17,20-26H2,1-4H3/p+1/b10-9-,13-12-,16-15-,19-18-/t27-,28?/m1/s1. The Kier molecular flexibility index (Phi) is 21.3. The lowest BCUT2D eigenvalue weighted by Crippen LogP contribution is -2.42.